The van der Waals surface area contributed by atoms with Crippen LogP contribution in [0.1, 0.15) is 5.89 Å². The van der Waals surface area contributed by atoms with Gasteiger partial charge in [-0.05, 0) is 24.3 Å². The zero-order chi connectivity index (χ0) is 15.6. The molecule has 0 aliphatic rings. The number of hydrogen-bond donors (Lipinski definition) is 0. The van der Waals surface area contributed by atoms with Crippen molar-refractivity contribution in [3.05, 3.63) is 54.6 Å². The van der Waals surface area contributed by atoms with Crippen molar-refractivity contribution in [2.45, 2.75) is 3.79 Å². The van der Waals surface area contributed by atoms with Gasteiger partial charge in [0, 0.05) is 6.20 Å². The minimum atomic E-state index is -1.78. The molecule has 0 aliphatic carbocycles. The predicted octanol–water partition coefficient (Wildman–Crippen LogP) is 4.75. The Hall–Kier alpha value is -1.82. The summed E-state index contributed by atoms with van der Waals surface area (Å²) in [4.78, 5) is 8.24. The molecule has 2 aromatic heterocycles. The molecule has 0 saturated carbocycles. The summed E-state index contributed by atoms with van der Waals surface area (Å²) in [6.45, 7) is 0. The Morgan fingerprint density at radius 2 is 1.77 bits per heavy atom. The van der Waals surface area contributed by atoms with Gasteiger partial charge in [-0.15, -0.1) is 0 Å². The van der Waals surface area contributed by atoms with Crippen molar-refractivity contribution >= 4 is 34.8 Å². The van der Waals surface area contributed by atoms with Gasteiger partial charge < -0.3 is 9.26 Å². The molecule has 112 valence electrons. The minimum absolute atomic E-state index is 0.123. The van der Waals surface area contributed by atoms with E-state index in [1.54, 1.807) is 30.5 Å². The van der Waals surface area contributed by atoms with Crippen molar-refractivity contribution in [1.82, 2.24) is 15.1 Å². The molecule has 8 heteroatoms. The Balaban J connectivity index is 1.96. The molecule has 0 spiro atoms. The standard InChI is InChI=1S/C14H8Cl3N3O2/c15-14(16,17)13-19-11(20-22-13)10-7-4-8-18-12(10)21-9-5-2-1-3-6-9/h1-8H. The second-order valence-electron chi connectivity index (χ2n) is 4.19. The predicted molar refractivity (Wildman–Crippen MR) is 83.3 cm³/mol. The number of hydrogen-bond acceptors (Lipinski definition) is 5. The summed E-state index contributed by atoms with van der Waals surface area (Å²) in [5.74, 6) is 1.06. The fraction of sp³-hybridized carbons (Fsp3) is 0.0714. The van der Waals surface area contributed by atoms with Crippen LogP contribution >= 0.6 is 34.8 Å². The van der Waals surface area contributed by atoms with E-state index in [1.165, 1.54) is 0 Å². The van der Waals surface area contributed by atoms with Crippen LogP contribution in [0, 0.1) is 0 Å². The van der Waals surface area contributed by atoms with Crippen molar-refractivity contribution in [3.8, 4) is 23.0 Å². The van der Waals surface area contributed by atoms with Gasteiger partial charge in [0.25, 0.3) is 9.68 Å². The van der Waals surface area contributed by atoms with Gasteiger partial charge >= 0.3 is 0 Å². The lowest BCUT2D eigenvalue weighted by molar-refractivity contribution is 0.382. The van der Waals surface area contributed by atoms with E-state index in [-0.39, 0.29) is 11.7 Å². The molecule has 3 rings (SSSR count). The number of pyridine rings is 1. The van der Waals surface area contributed by atoms with Crippen LogP contribution in [0.2, 0.25) is 0 Å². The molecule has 0 amide bonds. The Morgan fingerprint density at radius 3 is 2.45 bits per heavy atom. The maximum atomic E-state index is 5.73. The summed E-state index contributed by atoms with van der Waals surface area (Å²) < 4.78 is 8.89. The number of halogens is 3. The zero-order valence-electron chi connectivity index (χ0n) is 10.9. The van der Waals surface area contributed by atoms with Gasteiger partial charge in [0.05, 0.1) is 5.56 Å². The first-order chi connectivity index (χ1) is 10.5. The molecule has 0 saturated heterocycles. The molecule has 0 unspecified atom stereocenters. The molecule has 0 N–H and O–H groups in total. The third-order valence-electron chi connectivity index (χ3n) is 2.64. The smallest absolute Gasteiger partial charge is 0.279 e. The van der Waals surface area contributed by atoms with Crippen LogP contribution in [0.5, 0.6) is 11.6 Å². The van der Waals surface area contributed by atoms with Gasteiger partial charge in [-0.3, -0.25) is 0 Å². The lowest BCUT2D eigenvalue weighted by Gasteiger charge is -2.07. The minimum Gasteiger partial charge on any atom is -0.438 e. The number of ether oxygens (including phenoxy) is 1. The van der Waals surface area contributed by atoms with Crippen molar-refractivity contribution in [3.63, 3.8) is 0 Å². The van der Waals surface area contributed by atoms with Crippen molar-refractivity contribution in [1.29, 1.82) is 0 Å². The summed E-state index contributed by atoms with van der Waals surface area (Å²) in [5.41, 5.74) is 0.524. The van der Waals surface area contributed by atoms with Crippen molar-refractivity contribution in [2.24, 2.45) is 0 Å². The highest BCUT2D eigenvalue weighted by Gasteiger charge is 2.31. The fourth-order valence-corrected chi connectivity index (χ4v) is 1.92. The maximum Gasteiger partial charge on any atom is 0.279 e. The van der Waals surface area contributed by atoms with Crippen LogP contribution < -0.4 is 4.74 Å². The summed E-state index contributed by atoms with van der Waals surface area (Å²) in [6.07, 6.45) is 1.59. The van der Waals surface area contributed by atoms with Crippen LogP contribution in [-0.2, 0) is 3.79 Å². The van der Waals surface area contributed by atoms with Gasteiger partial charge in [0.2, 0.25) is 11.7 Å². The van der Waals surface area contributed by atoms with E-state index in [0.29, 0.717) is 17.2 Å². The lowest BCUT2D eigenvalue weighted by Crippen LogP contribution is -2.00. The molecule has 3 aromatic rings. The molecule has 0 aliphatic heterocycles. The highest BCUT2D eigenvalue weighted by Crippen LogP contribution is 2.38. The molecule has 5 nitrogen and oxygen atoms in total. The number of rotatable bonds is 3. The first-order valence-corrected chi connectivity index (χ1v) is 7.26. The zero-order valence-corrected chi connectivity index (χ0v) is 13.2. The first-order valence-electron chi connectivity index (χ1n) is 6.13. The second kappa shape index (κ2) is 6.12. The molecule has 0 bridgehead atoms. The molecule has 22 heavy (non-hydrogen) atoms. The van der Waals surface area contributed by atoms with E-state index < -0.39 is 3.79 Å². The van der Waals surface area contributed by atoms with E-state index in [0.717, 1.165) is 0 Å². The topological polar surface area (TPSA) is 61.0 Å². The van der Waals surface area contributed by atoms with Gasteiger partial charge in [0.1, 0.15) is 5.75 Å². The monoisotopic (exact) mass is 355 g/mol. The van der Waals surface area contributed by atoms with Gasteiger partial charge in [-0.25, -0.2) is 4.98 Å². The summed E-state index contributed by atoms with van der Waals surface area (Å²) >= 11 is 17.1. The Labute approximate surface area is 140 Å². The van der Waals surface area contributed by atoms with Crippen LogP contribution in [0.4, 0.5) is 0 Å². The summed E-state index contributed by atoms with van der Waals surface area (Å²) in [7, 11) is 0. The first kappa shape index (κ1) is 15.1. The highest BCUT2D eigenvalue weighted by molar-refractivity contribution is 6.66. The highest BCUT2D eigenvalue weighted by atomic mass is 35.6. The van der Waals surface area contributed by atoms with Gasteiger partial charge in [-0.2, -0.15) is 4.98 Å². The molecular formula is C14H8Cl3N3O2. The third kappa shape index (κ3) is 3.32. The van der Waals surface area contributed by atoms with Crippen LogP contribution in [0.15, 0.2) is 53.2 Å². The number of nitrogens with zero attached hydrogens (tertiary/aromatic N) is 3. The normalized spacial score (nSPS) is 11.4. The number of alkyl halides is 3. The fourth-order valence-electron chi connectivity index (χ4n) is 1.69. The summed E-state index contributed by atoms with van der Waals surface area (Å²) in [6, 6.07) is 12.7. The van der Waals surface area contributed by atoms with E-state index in [4.69, 9.17) is 44.1 Å². The Kier molecular flexibility index (Phi) is 4.20. The number of para-hydroxylation sites is 1. The molecule has 1 aromatic carbocycles. The van der Waals surface area contributed by atoms with Crippen molar-refractivity contribution in [2.75, 3.05) is 0 Å². The Morgan fingerprint density at radius 1 is 1.00 bits per heavy atom. The SMILES string of the molecule is ClC(Cl)(Cl)c1nc(-c2cccnc2Oc2ccccc2)no1. The lowest BCUT2D eigenvalue weighted by atomic mass is 10.2. The average Bonchev–Trinajstić information content (AvgIpc) is 2.99. The van der Waals surface area contributed by atoms with Crippen LogP contribution in [0.3, 0.4) is 0 Å². The van der Waals surface area contributed by atoms with E-state index in [1.807, 2.05) is 18.2 Å². The van der Waals surface area contributed by atoms with Crippen LogP contribution in [-0.4, -0.2) is 15.1 Å². The van der Waals surface area contributed by atoms with Gasteiger partial charge in [-0.1, -0.05) is 58.2 Å². The quantitative estimate of drug-likeness (QED) is 0.634. The number of benzene rings is 1. The molecule has 0 atom stereocenters. The van der Waals surface area contributed by atoms with E-state index in [9.17, 15) is 0 Å². The number of aromatic nitrogens is 3. The molecule has 0 radical (unpaired) electrons. The maximum absolute atomic E-state index is 5.73. The van der Waals surface area contributed by atoms with Crippen LogP contribution in [0.25, 0.3) is 11.4 Å². The molecule has 0 fully saturated rings. The second-order valence-corrected chi connectivity index (χ2v) is 6.47. The molecule has 2 heterocycles. The Bertz CT molecular complexity index is 772. The van der Waals surface area contributed by atoms with E-state index in [2.05, 4.69) is 15.1 Å². The average molecular weight is 357 g/mol. The summed E-state index contributed by atoms with van der Waals surface area (Å²) in [5, 5.41) is 3.80. The van der Waals surface area contributed by atoms with Crippen molar-refractivity contribution < 1.29 is 9.26 Å². The largest absolute Gasteiger partial charge is 0.438 e. The molecular weight excluding hydrogens is 349 g/mol. The van der Waals surface area contributed by atoms with Gasteiger partial charge in [0.15, 0.2) is 0 Å². The van der Waals surface area contributed by atoms with E-state index >= 15 is 0 Å². The third-order valence-corrected chi connectivity index (χ3v) is 3.12.